The van der Waals surface area contributed by atoms with E-state index in [1.54, 1.807) is 0 Å². The summed E-state index contributed by atoms with van der Waals surface area (Å²) in [7, 11) is 0. The van der Waals surface area contributed by atoms with Crippen LogP contribution in [0.3, 0.4) is 0 Å². The van der Waals surface area contributed by atoms with E-state index in [1.165, 1.54) is 22.2 Å². The molecule has 0 aliphatic carbocycles. The van der Waals surface area contributed by atoms with Gasteiger partial charge in [-0.15, -0.1) is 0 Å². The average molecular weight is 444 g/mol. The van der Waals surface area contributed by atoms with E-state index in [0.717, 1.165) is 40.2 Å². The number of aromatic nitrogens is 5. The molecule has 0 amide bonds. The number of ether oxygens (including phenoxy) is 1. The van der Waals surface area contributed by atoms with Crippen molar-refractivity contribution in [2.75, 3.05) is 6.61 Å². The molecule has 0 saturated carbocycles. The summed E-state index contributed by atoms with van der Waals surface area (Å²) in [5, 5.41) is 8.89. The molecular weight excluding hydrogens is 422 g/mol. The van der Waals surface area contributed by atoms with Crippen LogP contribution in [0.25, 0.3) is 28.0 Å². The van der Waals surface area contributed by atoms with Crippen molar-refractivity contribution in [3.63, 3.8) is 0 Å². The molecule has 3 aromatic heterocycles. The van der Waals surface area contributed by atoms with Gasteiger partial charge in [-0.05, 0) is 55.3 Å². The zero-order valence-electron chi connectivity index (χ0n) is 17.7. The number of benzene rings is 2. The van der Waals surface area contributed by atoms with Crippen LogP contribution in [-0.2, 0) is 0 Å². The molecule has 7 nitrogen and oxygen atoms in total. The summed E-state index contributed by atoms with van der Waals surface area (Å²) in [5.41, 5.74) is 4.45. The molecule has 0 unspecified atom stereocenters. The number of thiazole rings is 1. The molecule has 5 rings (SSSR count). The van der Waals surface area contributed by atoms with E-state index in [-0.39, 0.29) is 5.56 Å². The first kappa shape index (κ1) is 20.1. The molecular formula is C24H21N5O2S. The Hall–Kier alpha value is -3.78. The number of nitrogens with zero attached hydrogens (tertiary/aromatic N) is 5. The first-order chi connectivity index (χ1) is 15.6. The smallest absolute Gasteiger partial charge is 0.291 e. The summed E-state index contributed by atoms with van der Waals surface area (Å²) in [4.78, 5) is 17.4. The third-order valence-electron chi connectivity index (χ3n) is 5.10. The summed E-state index contributed by atoms with van der Waals surface area (Å²) in [6, 6.07) is 15.9. The van der Waals surface area contributed by atoms with Gasteiger partial charge in [0.1, 0.15) is 17.8 Å². The SMILES string of the molecule is CCCOc1ccc(-c2nn(-c3ccccc3)cc2C=c2sc3ncnn3c2=O)c(C)c1. The van der Waals surface area contributed by atoms with Crippen molar-refractivity contribution < 1.29 is 4.74 Å². The van der Waals surface area contributed by atoms with E-state index in [2.05, 4.69) is 17.0 Å². The van der Waals surface area contributed by atoms with Crippen LogP contribution in [0.4, 0.5) is 0 Å². The maximum absolute atomic E-state index is 12.7. The van der Waals surface area contributed by atoms with Gasteiger partial charge in [0.15, 0.2) is 0 Å². The molecule has 2 aromatic carbocycles. The van der Waals surface area contributed by atoms with Crippen LogP contribution in [0.15, 0.2) is 65.8 Å². The van der Waals surface area contributed by atoms with Gasteiger partial charge in [0, 0.05) is 17.3 Å². The van der Waals surface area contributed by atoms with Crippen molar-refractivity contribution in [3.8, 4) is 22.7 Å². The largest absolute Gasteiger partial charge is 0.494 e. The van der Waals surface area contributed by atoms with Gasteiger partial charge < -0.3 is 4.74 Å². The molecule has 0 radical (unpaired) electrons. The highest BCUT2D eigenvalue weighted by molar-refractivity contribution is 7.15. The van der Waals surface area contributed by atoms with Gasteiger partial charge >= 0.3 is 0 Å². The second-order valence-corrected chi connectivity index (χ2v) is 8.42. The van der Waals surface area contributed by atoms with Crippen LogP contribution in [0.5, 0.6) is 5.75 Å². The van der Waals surface area contributed by atoms with Crippen LogP contribution < -0.4 is 14.8 Å². The monoisotopic (exact) mass is 443 g/mol. The van der Waals surface area contributed by atoms with Crippen molar-refractivity contribution in [2.45, 2.75) is 20.3 Å². The fourth-order valence-electron chi connectivity index (χ4n) is 3.55. The third-order valence-corrected chi connectivity index (χ3v) is 6.07. The molecule has 0 spiro atoms. The molecule has 0 aliphatic rings. The number of fused-ring (bicyclic) bond motifs is 1. The van der Waals surface area contributed by atoms with Crippen molar-refractivity contribution in [1.29, 1.82) is 0 Å². The van der Waals surface area contributed by atoms with Crippen LogP contribution in [-0.4, -0.2) is 31.0 Å². The van der Waals surface area contributed by atoms with Gasteiger partial charge in [-0.2, -0.15) is 14.7 Å². The Bertz CT molecular complexity index is 1500. The van der Waals surface area contributed by atoms with E-state index >= 15 is 0 Å². The molecule has 0 bridgehead atoms. The van der Waals surface area contributed by atoms with Gasteiger partial charge in [0.25, 0.3) is 5.56 Å². The lowest BCUT2D eigenvalue weighted by Crippen LogP contribution is -2.23. The van der Waals surface area contributed by atoms with Crippen molar-refractivity contribution in [1.82, 2.24) is 24.4 Å². The van der Waals surface area contributed by atoms with Crippen molar-refractivity contribution in [3.05, 3.63) is 87.1 Å². The summed E-state index contributed by atoms with van der Waals surface area (Å²) >= 11 is 1.31. The average Bonchev–Trinajstić information content (AvgIpc) is 3.51. The van der Waals surface area contributed by atoms with Crippen LogP contribution >= 0.6 is 11.3 Å². The maximum atomic E-state index is 12.7. The predicted molar refractivity (Wildman–Crippen MR) is 125 cm³/mol. The number of hydrogen-bond acceptors (Lipinski definition) is 6. The zero-order chi connectivity index (χ0) is 22.1. The van der Waals surface area contributed by atoms with Crippen LogP contribution in [0, 0.1) is 6.92 Å². The van der Waals surface area contributed by atoms with Crippen LogP contribution in [0.2, 0.25) is 0 Å². The Kier molecular flexibility index (Phi) is 5.28. The lowest BCUT2D eigenvalue weighted by molar-refractivity contribution is 0.317. The van der Waals surface area contributed by atoms with Crippen LogP contribution in [0.1, 0.15) is 24.5 Å². The molecule has 0 saturated heterocycles. The van der Waals surface area contributed by atoms with E-state index in [4.69, 9.17) is 9.84 Å². The minimum Gasteiger partial charge on any atom is -0.494 e. The summed E-state index contributed by atoms with van der Waals surface area (Å²) in [6.07, 6.45) is 6.16. The Balaban J connectivity index is 1.67. The highest BCUT2D eigenvalue weighted by atomic mass is 32.1. The first-order valence-corrected chi connectivity index (χ1v) is 11.2. The Morgan fingerprint density at radius 3 is 2.75 bits per heavy atom. The standard InChI is InChI=1S/C24H21N5O2S/c1-3-11-31-19-9-10-20(16(2)12-19)22-17(14-28(27-22)18-7-5-4-6-8-18)13-21-23(30)29-24(32-21)25-15-26-29/h4-10,12-15H,3,11H2,1-2H3. The zero-order valence-corrected chi connectivity index (χ0v) is 18.5. The first-order valence-electron chi connectivity index (χ1n) is 10.4. The molecule has 32 heavy (non-hydrogen) atoms. The highest BCUT2D eigenvalue weighted by Gasteiger charge is 2.15. The summed E-state index contributed by atoms with van der Waals surface area (Å²) < 4.78 is 9.50. The van der Waals surface area contributed by atoms with Gasteiger partial charge in [0.2, 0.25) is 4.96 Å². The fraction of sp³-hybridized carbons (Fsp3) is 0.167. The predicted octanol–water partition coefficient (Wildman–Crippen LogP) is 3.65. The number of rotatable bonds is 6. The number of hydrogen-bond donors (Lipinski definition) is 0. The Morgan fingerprint density at radius 2 is 2.00 bits per heavy atom. The summed E-state index contributed by atoms with van der Waals surface area (Å²) in [6.45, 7) is 4.81. The van der Waals surface area contributed by atoms with E-state index in [1.807, 2.05) is 72.4 Å². The Labute approximate surface area is 188 Å². The molecule has 3 heterocycles. The second kappa shape index (κ2) is 8.39. The molecule has 5 aromatic rings. The van der Waals surface area contributed by atoms with Crippen molar-refractivity contribution >= 4 is 22.4 Å². The lowest BCUT2D eigenvalue weighted by atomic mass is 10.0. The van der Waals surface area contributed by atoms with E-state index in [0.29, 0.717) is 16.1 Å². The van der Waals surface area contributed by atoms with Crippen molar-refractivity contribution in [2.24, 2.45) is 0 Å². The topological polar surface area (TPSA) is 74.3 Å². The molecule has 0 fully saturated rings. The molecule has 0 N–H and O–H groups in total. The second-order valence-electron chi connectivity index (χ2n) is 7.41. The van der Waals surface area contributed by atoms with E-state index < -0.39 is 0 Å². The minimum atomic E-state index is -0.180. The summed E-state index contributed by atoms with van der Waals surface area (Å²) in [5.74, 6) is 0.841. The highest BCUT2D eigenvalue weighted by Crippen LogP contribution is 2.30. The quantitative estimate of drug-likeness (QED) is 0.401. The molecule has 0 atom stereocenters. The lowest BCUT2D eigenvalue weighted by Gasteiger charge is -2.09. The maximum Gasteiger partial charge on any atom is 0.291 e. The third kappa shape index (κ3) is 3.69. The Morgan fingerprint density at radius 1 is 1.16 bits per heavy atom. The molecule has 8 heteroatoms. The van der Waals surface area contributed by atoms with Gasteiger partial charge in [0.05, 0.1) is 16.8 Å². The number of aryl methyl sites for hydroxylation is 1. The minimum absolute atomic E-state index is 0.180. The van der Waals surface area contributed by atoms with Gasteiger partial charge in [-0.1, -0.05) is 36.5 Å². The van der Waals surface area contributed by atoms with E-state index in [9.17, 15) is 4.79 Å². The number of para-hydroxylation sites is 1. The molecule has 160 valence electrons. The van der Waals surface area contributed by atoms with Gasteiger partial charge in [-0.25, -0.2) is 9.67 Å². The fourth-order valence-corrected chi connectivity index (χ4v) is 4.42. The normalized spacial score (nSPS) is 12.0. The molecule has 0 aliphatic heterocycles. The van der Waals surface area contributed by atoms with Gasteiger partial charge in [-0.3, -0.25) is 4.79 Å².